The molecule has 2 aromatic heterocycles. The van der Waals surface area contributed by atoms with E-state index in [9.17, 15) is 12.8 Å². The third-order valence-corrected chi connectivity index (χ3v) is 4.97. The molecule has 0 saturated heterocycles. The summed E-state index contributed by atoms with van der Waals surface area (Å²) in [5.74, 6) is 0.126. The number of aromatic amines is 1. The van der Waals surface area contributed by atoms with E-state index >= 15 is 0 Å². The molecule has 0 aliphatic carbocycles. The van der Waals surface area contributed by atoms with Crippen LogP contribution in [0.5, 0.6) is 0 Å². The molecule has 2 heterocycles. The van der Waals surface area contributed by atoms with Gasteiger partial charge in [0.2, 0.25) is 0 Å². The van der Waals surface area contributed by atoms with Gasteiger partial charge >= 0.3 is 0 Å². The van der Waals surface area contributed by atoms with E-state index in [1.54, 1.807) is 32.0 Å². The van der Waals surface area contributed by atoms with E-state index in [2.05, 4.69) is 30.4 Å². The Labute approximate surface area is 143 Å². The Hall–Kier alpha value is -3.01. The maximum atomic E-state index is 12.9. The van der Waals surface area contributed by atoms with Crippen LogP contribution in [0.15, 0.2) is 41.3 Å². The maximum Gasteiger partial charge on any atom is 0.266 e. The summed E-state index contributed by atoms with van der Waals surface area (Å²) in [4.78, 5) is 0.0859. The van der Waals surface area contributed by atoms with Gasteiger partial charge in [0.1, 0.15) is 10.7 Å². The number of sulfonamides is 1. The van der Waals surface area contributed by atoms with Crippen LogP contribution < -0.4 is 10.0 Å². The summed E-state index contributed by atoms with van der Waals surface area (Å²) in [5, 5.41) is 17.2. The highest BCUT2D eigenvalue weighted by molar-refractivity contribution is 7.92. The first-order chi connectivity index (χ1) is 11.8. The molecule has 3 N–H and O–H groups in total. The Bertz CT molecular complexity index is 964. The lowest BCUT2D eigenvalue weighted by molar-refractivity contribution is 0.600. The zero-order chi connectivity index (χ0) is 18.0. The van der Waals surface area contributed by atoms with Crippen LogP contribution in [0, 0.1) is 19.7 Å². The molecule has 0 atom stereocenters. The van der Waals surface area contributed by atoms with Crippen LogP contribution in [0.25, 0.3) is 0 Å². The van der Waals surface area contributed by atoms with E-state index in [1.807, 2.05) is 0 Å². The van der Waals surface area contributed by atoms with Crippen LogP contribution in [0.3, 0.4) is 0 Å². The molecule has 1 aromatic carbocycles. The number of rotatable bonds is 5. The fraction of sp³-hybridized carbons (Fsp3) is 0.133. The lowest BCUT2D eigenvalue weighted by Crippen LogP contribution is -2.16. The second-order valence-electron chi connectivity index (χ2n) is 5.30. The zero-order valence-corrected chi connectivity index (χ0v) is 14.2. The molecule has 130 valence electrons. The van der Waals surface area contributed by atoms with Crippen molar-refractivity contribution in [1.82, 2.24) is 20.4 Å². The number of benzene rings is 1. The van der Waals surface area contributed by atoms with E-state index in [0.717, 1.165) is 0 Å². The summed E-state index contributed by atoms with van der Waals surface area (Å²) >= 11 is 0. The fourth-order valence-corrected chi connectivity index (χ4v) is 3.63. The van der Waals surface area contributed by atoms with E-state index in [1.165, 1.54) is 18.2 Å². The van der Waals surface area contributed by atoms with Crippen molar-refractivity contribution >= 4 is 27.3 Å². The normalized spacial score (nSPS) is 11.3. The summed E-state index contributed by atoms with van der Waals surface area (Å²) in [7, 11) is -3.82. The lowest BCUT2D eigenvalue weighted by atomic mass is 10.3. The molecular formula is C15H15FN6O2S. The molecule has 3 aromatic rings. The molecule has 25 heavy (non-hydrogen) atoms. The summed E-state index contributed by atoms with van der Waals surface area (Å²) in [6, 6.07) is 8.77. The molecule has 8 nitrogen and oxygen atoms in total. The molecule has 0 unspecified atom stereocenters. The molecule has 10 heteroatoms. The Morgan fingerprint density at radius 3 is 2.20 bits per heavy atom. The van der Waals surface area contributed by atoms with Gasteiger partial charge in [-0.1, -0.05) is 0 Å². The largest absolute Gasteiger partial charge is 0.339 e. The molecule has 0 spiro atoms. The summed E-state index contributed by atoms with van der Waals surface area (Å²) in [6.07, 6.45) is 0. The van der Waals surface area contributed by atoms with Gasteiger partial charge in [0.05, 0.1) is 11.4 Å². The molecule has 0 aliphatic rings. The van der Waals surface area contributed by atoms with Crippen molar-refractivity contribution in [1.29, 1.82) is 0 Å². The SMILES string of the molecule is Cc1n[nH]c(C)c1S(=O)(=O)Nc1ccc(Nc2ccc(F)cc2)nn1. The van der Waals surface area contributed by atoms with Gasteiger partial charge in [-0.05, 0) is 50.2 Å². The van der Waals surface area contributed by atoms with E-state index < -0.39 is 10.0 Å². The number of H-pyrrole nitrogens is 1. The minimum Gasteiger partial charge on any atom is -0.339 e. The number of hydrogen-bond acceptors (Lipinski definition) is 6. The van der Waals surface area contributed by atoms with Gasteiger partial charge in [-0.2, -0.15) is 5.10 Å². The number of nitrogens with zero attached hydrogens (tertiary/aromatic N) is 3. The monoisotopic (exact) mass is 362 g/mol. The highest BCUT2D eigenvalue weighted by Gasteiger charge is 2.22. The van der Waals surface area contributed by atoms with Crippen molar-refractivity contribution in [3.05, 3.63) is 53.6 Å². The highest BCUT2D eigenvalue weighted by Crippen LogP contribution is 2.20. The third-order valence-electron chi connectivity index (χ3n) is 3.35. The van der Waals surface area contributed by atoms with Gasteiger partial charge in [0.25, 0.3) is 10.0 Å². The zero-order valence-electron chi connectivity index (χ0n) is 13.4. The predicted molar refractivity (Wildman–Crippen MR) is 90.6 cm³/mol. The number of aromatic nitrogens is 4. The number of halogens is 1. The minimum atomic E-state index is -3.82. The van der Waals surface area contributed by atoms with Crippen LogP contribution >= 0.6 is 0 Å². The molecule has 0 saturated carbocycles. The number of nitrogens with one attached hydrogen (secondary N) is 3. The van der Waals surface area contributed by atoms with Crippen molar-refractivity contribution < 1.29 is 12.8 Å². The highest BCUT2D eigenvalue weighted by atomic mass is 32.2. The smallest absolute Gasteiger partial charge is 0.266 e. The van der Waals surface area contributed by atoms with Crippen LogP contribution in [-0.2, 0) is 10.0 Å². The minimum absolute atomic E-state index is 0.0738. The first kappa shape index (κ1) is 16.8. The van der Waals surface area contributed by atoms with Crippen LogP contribution in [-0.4, -0.2) is 28.8 Å². The van der Waals surface area contributed by atoms with E-state index in [-0.39, 0.29) is 16.5 Å². The first-order valence-corrected chi connectivity index (χ1v) is 8.74. The molecule has 0 aliphatic heterocycles. The lowest BCUT2D eigenvalue weighted by Gasteiger charge is -2.08. The molecule has 0 amide bonds. The van der Waals surface area contributed by atoms with Gasteiger partial charge in [-0.3, -0.25) is 9.82 Å². The van der Waals surface area contributed by atoms with Gasteiger partial charge in [0, 0.05) is 5.69 Å². The summed E-state index contributed by atoms with van der Waals surface area (Å²) < 4.78 is 40.1. The van der Waals surface area contributed by atoms with Gasteiger partial charge in [-0.25, -0.2) is 12.8 Å². The number of hydrogen-bond donors (Lipinski definition) is 3. The van der Waals surface area contributed by atoms with Gasteiger partial charge < -0.3 is 5.32 Å². The number of aryl methyl sites for hydroxylation is 2. The van der Waals surface area contributed by atoms with Crippen molar-refractivity contribution in [3.63, 3.8) is 0 Å². The van der Waals surface area contributed by atoms with Crippen molar-refractivity contribution in [3.8, 4) is 0 Å². The average molecular weight is 362 g/mol. The van der Waals surface area contributed by atoms with E-state index in [4.69, 9.17) is 0 Å². The molecular weight excluding hydrogens is 347 g/mol. The third kappa shape index (κ3) is 3.74. The van der Waals surface area contributed by atoms with Crippen LogP contribution in [0.2, 0.25) is 0 Å². The van der Waals surface area contributed by atoms with Crippen molar-refractivity contribution in [2.75, 3.05) is 10.0 Å². The first-order valence-electron chi connectivity index (χ1n) is 7.26. The second kappa shape index (κ2) is 6.48. The number of anilines is 3. The van der Waals surface area contributed by atoms with Gasteiger partial charge in [0.15, 0.2) is 11.6 Å². The predicted octanol–water partition coefficient (Wildman–Crippen LogP) is 2.50. The molecule has 3 rings (SSSR count). The summed E-state index contributed by atoms with van der Waals surface area (Å²) in [5.41, 5.74) is 1.44. The average Bonchev–Trinajstić information content (AvgIpc) is 2.91. The molecule has 0 bridgehead atoms. The Morgan fingerprint density at radius 1 is 1.00 bits per heavy atom. The standard InChI is InChI=1S/C15H15FN6O2S/c1-9-15(10(2)19-18-9)25(23,24)22-14-8-7-13(20-21-14)17-12-5-3-11(16)4-6-12/h3-8H,1-2H3,(H,17,20)(H,18,19)(H,21,22). The van der Waals surface area contributed by atoms with Crippen LogP contribution in [0.4, 0.5) is 21.7 Å². The fourth-order valence-electron chi connectivity index (χ4n) is 2.26. The van der Waals surface area contributed by atoms with Crippen LogP contribution in [0.1, 0.15) is 11.4 Å². The summed E-state index contributed by atoms with van der Waals surface area (Å²) in [6.45, 7) is 3.22. The topological polar surface area (TPSA) is 113 Å². The molecule has 0 fully saturated rings. The second-order valence-corrected chi connectivity index (χ2v) is 6.92. The van der Waals surface area contributed by atoms with Crippen molar-refractivity contribution in [2.45, 2.75) is 18.7 Å². The Kier molecular flexibility index (Phi) is 4.36. The van der Waals surface area contributed by atoms with Crippen molar-refractivity contribution in [2.24, 2.45) is 0 Å². The molecule has 0 radical (unpaired) electrons. The Morgan fingerprint density at radius 2 is 1.64 bits per heavy atom. The van der Waals surface area contributed by atoms with Gasteiger partial charge in [-0.15, -0.1) is 10.2 Å². The van der Waals surface area contributed by atoms with E-state index in [0.29, 0.717) is 22.9 Å². The quantitative estimate of drug-likeness (QED) is 0.643. The maximum absolute atomic E-state index is 12.9. The Balaban J connectivity index is 1.75.